The molecule has 2 nitrogen and oxygen atoms in total. The van der Waals surface area contributed by atoms with E-state index >= 15 is 0 Å². The van der Waals surface area contributed by atoms with Crippen LogP contribution >= 0.6 is 0 Å². The maximum atomic E-state index is 12.5. The van der Waals surface area contributed by atoms with Gasteiger partial charge in [0, 0.05) is 5.41 Å². The van der Waals surface area contributed by atoms with Crippen LogP contribution in [-0.2, 0) is 4.79 Å². The third-order valence-electron chi connectivity index (χ3n) is 12.5. The molecule has 5 aliphatic carbocycles. The normalized spacial score (nSPS) is 55.4. The van der Waals surface area contributed by atoms with E-state index in [0.717, 1.165) is 31.1 Å². The standard InChI is InChI=1S/C29H46O2/c1-18(2)19-9-15-29(17-30)16-10-21-20(25(19)29)7-8-23-27(21,5)13-11-22-26(3,4)24(31)12-14-28(22,23)6/h17,19-25,31H,1,7-16H2,2-6H3. The molecule has 0 heterocycles. The minimum absolute atomic E-state index is 0.0287. The Morgan fingerprint density at radius 2 is 1.55 bits per heavy atom. The fraction of sp³-hybridized carbons (Fsp3) is 0.897. The molecule has 0 spiro atoms. The monoisotopic (exact) mass is 426 g/mol. The number of hydrogen-bond donors (Lipinski definition) is 1. The van der Waals surface area contributed by atoms with Crippen LogP contribution in [0, 0.1) is 57.2 Å². The van der Waals surface area contributed by atoms with Crippen molar-refractivity contribution >= 4 is 6.29 Å². The van der Waals surface area contributed by atoms with Gasteiger partial charge in [-0.05, 0) is 123 Å². The van der Waals surface area contributed by atoms with Gasteiger partial charge in [-0.1, -0.05) is 39.8 Å². The zero-order valence-electron chi connectivity index (χ0n) is 20.8. The van der Waals surface area contributed by atoms with Gasteiger partial charge in [0.05, 0.1) is 6.10 Å². The second-order valence-corrected chi connectivity index (χ2v) is 13.8. The van der Waals surface area contributed by atoms with E-state index in [4.69, 9.17) is 0 Å². The summed E-state index contributed by atoms with van der Waals surface area (Å²) >= 11 is 0. The summed E-state index contributed by atoms with van der Waals surface area (Å²) in [5.74, 6) is 3.94. The Morgan fingerprint density at radius 3 is 2.23 bits per heavy atom. The number of fused-ring (bicyclic) bond motifs is 7. The van der Waals surface area contributed by atoms with Gasteiger partial charge in [-0.15, -0.1) is 0 Å². The molecule has 174 valence electrons. The maximum absolute atomic E-state index is 12.5. The number of rotatable bonds is 2. The van der Waals surface area contributed by atoms with Crippen LogP contribution in [-0.4, -0.2) is 17.5 Å². The van der Waals surface area contributed by atoms with Crippen LogP contribution in [0.1, 0.15) is 98.8 Å². The van der Waals surface area contributed by atoms with Gasteiger partial charge in [0.25, 0.3) is 0 Å². The van der Waals surface area contributed by atoms with Gasteiger partial charge in [0.2, 0.25) is 0 Å². The largest absolute Gasteiger partial charge is 0.393 e. The molecule has 5 aliphatic rings. The molecule has 1 N–H and O–H groups in total. The Hall–Kier alpha value is -0.630. The zero-order chi connectivity index (χ0) is 22.4. The molecule has 5 rings (SSSR count). The molecule has 0 saturated heterocycles. The molecule has 0 bridgehead atoms. The molecule has 10 unspecified atom stereocenters. The topological polar surface area (TPSA) is 37.3 Å². The minimum atomic E-state index is -0.149. The van der Waals surface area contributed by atoms with Crippen molar-refractivity contribution in [2.45, 2.75) is 105 Å². The number of carbonyl (C=O) groups is 1. The molecule has 2 heteroatoms. The van der Waals surface area contributed by atoms with E-state index in [1.165, 1.54) is 56.8 Å². The molecule has 0 aromatic carbocycles. The molecule has 0 aliphatic heterocycles. The molecule has 31 heavy (non-hydrogen) atoms. The first-order valence-corrected chi connectivity index (χ1v) is 13.3. The number of aliphatic hydroxyl groups excluding tert-OH is 1. The van der Waals surface area contributed by atoms with Gasteiger partial charge in [-0.3, -0.25) is 0 Å². The Balaban J connectivity index is 1.51. The quantitative estimate of drug-likeness (QED) is 0.389. The first kappa shape index (κ1) is 22.2. The van der Waals surface area contributed by atoms with Gasteiger partial charge in [-0.25, -0.2) is 0 Å². The van der Waals surface area contributed by atoms with E-state index in [1.54, 1.807) is 0 Å². The second kappa shape index (κ2) is 6.94. The average Bonchev–Trinajstić information content (AvgIpc) is 3.11. The summed E-state index contributed by atoms with van der Waals surface area (Å²) in [5, 5.41) is 10.8. The number of aldehydes is 1. The lowest BCUT2D eigenvalue weighted by Crippen LogP contribution is -2.63. The third-order valence-corrected chi connectivity index (χ3v) is 12.5. The van der Waals surface area contributed by atoms with E-state index < -0.39 is 0 Å². The van der Waals surface area contributed by atoms with Crippen LogP contribution in [0.3, 0.4) is 0 Å². The summed E-state index contributed by atoms with van der Waals surface area (Å²) in [7, 11) is 0. The average molecular weight is 427 g/mol. The van der Waals surface area contributed by atoms with E-state index in [0.29, 0.717) is 34.5 Å². The SMILES string of the molecule is C=C(C)C1CCC2(C=O)CCC3C(CCC4C3(C)CCC3C(C)(C)C(O)CCC34C)C12. The van der Waals surface area contributed by atoms with Crippen molar-refractivity contribution in [2.75, 3.05) is 0 Å². The fourth-order valence-corrected chi connectivity index (χ4v) is 11.1. The van der Waals surface area contributed by atoms with E-state index in [9.17, 15) is 9.90 Å². The van der Waals surface area contributed by atoms with Gasteiger partial charge in [0.1, 0.15) is 6.29 Å². The zero-order valence-corrected chi connectivity index (χ0v) is 20.8. The van der Waals surface area contributed by atoms with Crippen molar-refractivity contribution in [1.82, 2.24) is 0 Å². The number of aliphatic hydroxyl groups is 1. The first-order chi connectivity index (χ1) is 14.5. The molecule has 0 aromatic heterocycles. The number of hydrogen-bond acceptors (Lipinski definition) is 2. The molecular weight excluding hydrogens is 380 g/mol. The summed E-state index contributed by atoms with van der Waals surface area (Å²) in [5.41, 5.74) is 2.03. The van der Waals surface area contributed by atoms with Crippen LogP contribution in [0.25, 0.3) is 0 Å². The lowest BCUT2D eigenvalue weighted by Gasteiger charge is -2.69. The maximum Gasteiger partial charge on any atom is 0.126 e. The highest BCUT2D eigenvalue weighted by atomic mass is 16.3. The van der Waals surface area contributed by atoms with Crippen molar-refractivity contribution < 1.29 is 9.90 Å². The van der Waals surface area contributed by atoms with E-state index in [-0.39, 0.29) is 16.9 Å². The summed E-state index contributed by atoms with van der Waals surface area (Å²) in [6.45, 7) is 16.5. The van der Waals surface area contributed by atoms with Crippen LogP contribution in [0.4, 0.5) is 0 Å². The molecule has 0 radical (unpaired) electrons. The summed E-state index contributed by atoms with van der Waals surface area (Å²) < 4.78 is 0. The van der Waals surface area contributed by atoms with Crippen LogP contribution < -0.4 is 0 Å². The predicted octanol–water partition coefficient (Wildman–Crippen LogP) is 6.81. The Morgan fingerprint density at radius 1 is 0.871 bits per heavy atom. The van der Waals surface area contributed by atoms with E-state index in [1.807, 2.05) is 0 Å². The lowest BCUT2D eigenvalue weighted by molar-refractivity contribution is -0.214. The van der Waals surface area contributed by atoms with Gasteiger partial charge in [-0.2, -0.15) is 0 Å². The highest BCUT2D eigenvalue weighted by molar-refractivity contribution is 5.62. The lowest BCUT2D eigenvalue weighted by atomic mass is 9.36. The van der Waals surface area contributed by atoms with Crippen LogP contribution in [0.2, 0.25) is 0 Å². The number of carbonyl (C=O) groups excluding carboxylic acids is 1. The minimum Gasteiger partial charge on any atom is -0.393 e. The van der Waals surface area contributed by atoms with Crippen LogP contribution in [0.15, 0.2) is 12.2 Å². The summed E-state index contributed by atoms with van der Waals surface area (Å²) in [4.78, 5) is 12.5. The highest BCUT2D eigenvalue weighted by Gasteiger charge is 2.67. The van der Waals surface area contributed by atoms with Crippen LogP contribution in [0.5, 0.6) is 0 Å². The van der Waals surface area contributed by atoms with Crippen molar-refractivity contribution in [2.24, 2.45) is 57.2 Å². The third kappa shape index (κ3) is 2.75. The van der Waals surface area contributed by atoms with E-state index in [2.05, 4.69) is 41.2 Å². The van der Waals surface area contributed by atoms with Crippen molar-refractivity contribution in [3.8, 4) is 0 Å². The Kier molecular flexibility index (Phi) is 4.96. The molecule has 0 amide bonds. The predicted molar refractivity (Wildman–Crippen MR) is 126 cm³/mol. The molecule has 5 fully saturated rings. The molecule has 5 saturated carbocycles. The Labute approximate surface area is 190 Å². The fourth-order valence-electron chi connectivity index (χ4n) is 11.1. The van der Waals surface area contributed by atoms with Gasteiger partial charge < -0.3 is 9.90 Å². The van der Waals surface area contributed by atoms with Crippen molar-refractivity contribution in [3.05, 3.63) is 12.2 Å². The summed E-state index contributed by atoms with van der Waals surface area (Å²) in [6, 6.07) is 0. The highest BCUT2D eigenvalue weighted by Crippen LogP contribution is 2.73. The summed E-state index contributed by atoms with van der Waals surface area (Å²) in [6.07, 6.45) is 13.2. The van der Waals surface area contributed by atoms with Crippen molar-refractivity contribution in [3.63, 3.8) is 0 Å². The Bertz CT molecular complexity index is 769. The molecular formula is C29H46O2. The molecule has 10 atom stereocenters. The second-order valence-electron chi connectivity index (χ2n) is 13.8. The van der Waals surface area contributed by atoms with Gasteiger partial charge >= 0.3 is 0 Å². The van der Waals surface area contributed by atoms with Gasteiger partial charge in [0.15, 0.2) is 0 Å². The number of allylic oxidation sites excluding steroid dienone is 1. The molecule has 0 aromatic rings. The first-order valence-electron chi connectivity index (χ1n) is 13.3. The van der Waals surface area contributed by atoms with Crippen molar-refractivity contribution in [1.29, 1.82) is 0 Å². The smallest absolute Gasteiger partial charge is 0.126 e.